The summed E-state index contributed by atoms with van der Waals surface area (Å²) in [5.41, 5.74) is 4.39. The molecule has 0 fully saturated rings. The number of para-hydroxylation sites is 2. The van der Waals surface area contributed by atoms with Crippen molar-refractivity contribution in [2.24, 2.45) is 0 Å². The van der Waals surface area contributed by atoms with E-state index in [4.69, 9.17) is 0 Å². The Balaban J connectivity index is 1.24. The highest BCUT2D eigenvalue weighted by Gasteiger charge is 2.01. The van der Waals surface area contributed by atoms with Crippen LogP contribution in [-0.4, -0.2) is 0 Å². The second-order valence-corrected chi connectivity index (χ2v) is 10.3. The van der Waals surface area contributed by atoms with Crippen LogP contribution in [0.5, 0.6) is 0 Å². The molecule has 29 heavy (non-hydrogen) atoms. The molecule has 0 radical (unpaired) electrons. The summed E-state index contributed by atoms with van der Waals surface area (Å²) in [5.74, 6) is 0. The summed E-state index contributed by atoms with van der Waals surface area (Å²) in [4.78, 5) is 2.48. The van der Waals surface area contributed by atoms with Crippen LogP contribution in [0.4, 0.5) is 22.7 Å². The van der Waals surface area contributed by atoms with Gasteiger partial charge in [0.25, 0.3) is 0 Å². The smallest absolute Gasteiger partial charge is 0.0385 e. The molecule has 0 aliphatic rings. The molecule has 0 atom stereocenters. The maximum atomic E-state index is 3.41. The Morgan fingerprint density at radius 2 is 0.724 bits per heavy atom. The van der Waals surface area contributed by atoms with E-state index in [2.05, 4.69) is 83.4 Å². The molecule has 4 rings (SSSR count). The van der Waals surface area contributed by atoms with Crippen LogP contribution in [0.15, 0.2) is 119 Å². The summed E-state index contributed by atoms with van der Waals surface area (Å²) in [6, 6.07) is 37.5. The summed E-state index contributed by atoms with van der Waals surface area (Å²) >= 11 is 0. The van der Waals surface area contributed by atoms with Gasteiger partial charge < -0.3 is 10.6 Å². The highest BCUT2D eigenvalue weighted by atomic mass is 33.5. The minimum atomic E-state index is 1.10. The van der Waals surface area contributed by atoms with Crippen molar-refractivity contribution in [3.63, 3.8) is 0 Å². The normalized spacial score (nSPS) is 10.5. The second kappa shape index (κ2) is 10.3. The highest BCUT2D eigenvalue weighted by molar-refractivity contribution is 9.09. The molecule has 0 amide bonds. The number of rotatable bonds is 8. The van der Waals surface area contributed by atoms with Crippen molar-refractivity contribution in [1.82, 2.24) is 0 Å². The lowest BCUT2D eigenvalue weighted by Crippen LogP contribution is -1.88. The van der Waals surface area contributed by atoms with Gasteiger partial charge in [0.1, 0.15) is 0 Å². The van der Waals surface area contributed by atoms with Crippen molar-refractivity contribution in [1.29, 1.82) is 0 Å². The van der Waals surface area contributed by atoms with Crippen LogP contribution in [0.25, 0.3) is 0 Å². The maximum absolute atomic E-state index is 3.41. The van der Waals surface area contributed by atoms with Gasteiger partial charge in [-0.3, -0.25) is 0 Å². The molecule has 0 aliphatic heterocycles. The molecule has 0 unspecified atom stereocenters. The molecule has 0 bridgehead atoms. The van der Waals surface area contributed by atoms with Crippen molar-refractivity contribution in [2.75, 3.05) is 10.6 Å². The zero-order chi connectivity index (χ0) is 19.7. The lowest BCUT2D eigenvalue weighted by atomic mass is 10.3. The van der Waals surface area contributed by atoms with Gasteiger partial charge >= 0.3 is 0 Å². The van der Waals surface area contributed by atoms with E-state index in [0.717, 1.165) is 22.7 Å². The first-order valence-electron chi connectivity index (χ1n) is 9.21. The highest BCUT2D eigenvalue weighted by Crippen LogP contribution is 2.44. The first-order valence-corrected chi connectivity index (χ1v) is 12.7. The minimum absolute atomic E-state index is 1.10. The Morgan fingerprint density at radius 3 is 1.10 bits per heavy atom. The summed E-state index contributed by atoms with van der Waals surface area (Å²) in [5, 5.41) is 6.82. The Bertz CT molecular complexity index is 920. The molecular weight excluding hydrogens is 412 g/mol. The first-order chi connectivity index (χ1) is 14.3. The minimum Gasteiger partial charge on any atom is -0.356 e. The van der Waals surface area contributed by atoms with Crippen LogP contribution in [0, 0.1) is 0 Å². The van der Waals surface area contributed by atoms with E-state index in [9.17, 15) is 0 Å². The van der Waals surface area contributed by atoms with Crippen LogP contribution in [0.2, 0.25) is 0 Å². The van der Waals surface area contributed by atoms with Crippen LogP contribution < -0.4 is 10.6 Å². The molecule has 5 heteroatoms. The van der Waals surface area contributed by atoms with Gasteiger partial charge in [-0.25, -0.2) is 0 Å². The molecule has 0 aromatic heterocycles. The van der Waals surface area contributed by atoms with E-state index in [1.54, 1.807) is 31.4 Å². The van der Waals surface area contributed by atoms with Crippen molar-refractivity contribution >= 4 is 54.2 Å². The van der Waals surface area contributed by atoms with E-state index in [0.29, 0.717) is 0 Å². The molecular formula is C24H20N2S3. The number of hydrogen-bond acceptors (Lipinski definition) is 5. The van der Waals surface area contributed by atoms with Crippen molar-refractivity contribution < 1.29 is 0 Å². The number of hydrogen-bond donors (Lipinski definition) is 2. The van der Waals surface area contributed by atoms with E-state index >= 15 is 0 Å². The van der Waals surface area contributed by atoms with Gasteiger partial charge in [0.2, 0.25) is 0 Å². The van der Waals surface area contributed by atoms with Crippen LogP contribution in [0.3, 0.4) is 0 Å². The Morgan fingerprint density at radius 1 is 0.379 bits per heavy atom. The largest absolute Gasteiger partial charge is 0.356 e. The zero-order valence-corrected chi connectivity index (χ0v) is 18.1. The van der Waals surface area contributed by atoms with E-state index < -0.39 is 0 Å². The van der Waals surface area contributed by atoms with E-state index in [1.807, 2.05) is 36.4 Å². The summed E-state index contributed by atoms with van der Waals surface area (Å²) in [7, 11) is 5.32. The fourth-order valence-corrected chi connectivity index (χ4v) is 6.31. The Labute approximate surface area is 183 Å². The van der Waals surface area contributed by atoms with Crippen LogP contribution in [-0.2, 0) is 0 Å². The third kappa shape index (κ3) is 6.26. The molecule has 144 valence electrons. The van der Waals surface area contributed by atoms with E-state index in [1.165, 1.54) is 9.79 Å². The van der Waals surface area contributed by atoms with Crippen molar-refractivity contribution in [2.45, 2.75) is 9.79 Å². The molecule has 0 saturated heterocycles. The van der Waals surface area contributed by atoms with Crippen LogP contribution >= 0.6 is 31.4 Å². The topological polar surface area (TPSA) is 24.1 Å². The van der Waals surface area contributed by atoms with Crippen molar-refractivity contribution in [3.8, 4) is 0 Å². The average molecular weight is 433 g/mol. The molecule has 0 saturated carbocycles. The predicted molar refractivity (Wildman–Crippen MR) is 132 cm³/mol. The monoisotopic (exact) mass is 432 g/mol. The maximum Gasteiger partial charge on any atom is 0.0385 e. The number of benzene rings is 4. The van der Waals surface area contributed by atoms with Gasteiger partial charge in [0.05, 0.1) is 0 Å². The summed E-state index contributed by atoms with van der Waals surface area (Å²) in [6.45, 7) is 0. The van der Waals surface area contributed by atoms with Gasteiger partial charge in [0, 0.05) is 32.5 Å². The number of anilines is 4. The lowest BCUT2D eigenvalue weighted by molar-refractivity contribution is 1.45. The van der Waals surface area contributed by atoms with Gasteiger partial charge in [-0.2, -0.15) is 0 Å². The SMILES string of the molecule is c1ccc(Nc2ccc(SSSc3ccc(Nc4ccccc4)cc3)cc2)cc1. The summed E-state index contributed by atoms with van der Waals surface area (Å²) in [6.07, 6.45) is 0. The van der Waals surface area contributed by atoms with Gasteiger partial charge in [-0.1, -0.05) is 36.4 Å². The molecule has 0 heterocycles. The lowest BCUT2D eigenvalue weighted by Gasteiger charge is -2.08. The molecule has 4 aromatic carbocycles. The quantitative estimate of drug-likeness (QED) is 0.271. The molecule has 2 nitrogen and oxygen atoms in total. The average Bonchev–Trinajstić information content (AvgIpc) is 2.78. The van der Waals surface area contributed by atoms with Gasteiger partial charge in [-0.05, 0) is 104 Å². The standard InChI is InChI=1S/C24H20N2S3/c1-3-7-19(8-4-1)25-21-11-15-23(16-12-21)27-29-28-24-17-13-22(14-18-24)26-20-9-5-2-6-10-20/h1-18,25-26H. The zero-order valence-electron chi connectivity index (χ0n) is 15.6. The second-order valence-electron chi connectivity index (χ2n) is 6.27. The van der Waals surface area contributed by atoms with Gasteiger partial charge in [0.15, 0.2) is 0 Å². The fraction of sp³-hybridized carbons (Fsp3) is 0. The van der Waals surface area contributed by atoms with Crippen LogP contribution in [0.1, 0.15) is 0 Å². The van der Waals surface area contributed by atoms with E-state index in [-0.39, 0.29) is 0 Å². The van der Waals surface area contributed by atoms with Gasteiger partial charge in [-0.15, -0.1) is 0 Å². The summed E-state index contributed by atoms with van der Waals surface area (Å²) < 4.78 is 0. The molecule has 2 N–H and O–H groups in total. The third-order valence-corrected chi connectivity index (χ3v) is 7.95. The first kappa shape index (κ1) is 19.8. The molecule has 0 spiro atoms. The van der Waals surface area contributed by atoms with Crippen molar-refractivity contribution in [3.05, 3.63) is 109 Å². The Kier molecular flexibility index (Phi) is 7.08. The third-order valence-electron chi connectivity index (χ3n) is 4.09. The molecule has 4 aromatic rings. The fourth-order valence-electron chi connectivity index (χ4n) is 2.66. The Hall–Kier alpha value is -2.47. The predicted octanol–water partition coefficient (Wildman–Crippen LogP) is 8.62. The number of nitrogens with one attached hydrogen (secondary N) is 2. The molecule has 0 aliphatic carbocycles.